The summed E-state index contributed by atoms with van der Waals surface area (Å²) >= 11 is 0. The van der Waals surface area contributed by atoms with Crippen LogP contribution in [0.15, 0.2) is 24.3 Å². The van der Waals surface area contributed by atoms with E-state index in [-0.39, 0.29) is 24.2 Å². The van der Waals surface area contributed by atoms with Crippen LogP contribution in [0.4, 0.5) is 4.79 Å². The Kier molecular flexibility index (Phi) is 6.99. The van der Waals surface area contributed by atoms with Gasteiger partial charge in [-0.15, -0.1) is 0 Å². The number of methoxy groups -OCH3 is 2. The maximum absolute atomic E-state index is 12.1. The predicted molar refractivity (Wildman–Crippen MR) is 105 cm³/mol. The molecule has 0 bridgehead atoms. The van der Waals surface area contributed by atoms with Crippen molar-refractivity contribution in [2.24, 2.45) is 0 Å². The third-order valence-corrected chi connectivity index (χ3v) is 5.65. The lowest BCUT2D eigenvalue weighted by Crippen LogP contribution is -2.65. The lowest BCUT2D eigenvalue weighted by molar-refractivity contribution is -0.161. The minimum Gasteiger partial charge on any atom is -0.497 e. The van der Waals surface area contributed by atoms with Crippen LogP contribution in [0.5, 0.6) is 5.75 Å². The first-order chi connectivity index (χ1) is 14.1. The van der Waals surface area contributed by atoms with Crippen LogP contribution in [0.3, 0.4) is 0 Å². The summed E-state index contributed by atoms with van der Waals surface area (Å²) in [5, 5.41) is 0. The standard InChI is InChI=1S/C22H27NO6/c1-26-18-7-5-17(6-8-18)16-29-19-9-11-22(12-10-19)15-20(24)23(22)13-3-4-14-28-21(25)27-2/h5-8,19H,9-16H2,1-2H3. The van der Waals surface area contributed by atoms with Crippen LogP contribution in [-0.2, 0) is 25.6 Å². The van der Waals surface area contributed by atoms with Crippen LogP contribution < -0.4 is 4.74 Å². The van der Waals surface area contributed by atoms with Gasteiger partial charge in [0.15, 0.2) is 6.61 Å². The van der Waals surface area contributed by atoms with Gasteiger partial charge in [-0.25, -0.2) is 4.79 Å². The second-order valence-corrected chi connectivity index (χ2v) is 7.34. The summed E-state index contributed by atoms with van der Waals surface area (Å²) in [5.74, 6) is 6.63. The first-order valence-corrected chi connectivity index (χ1v) is 9.78. The van der Waals surface area contributed by atoms with E-state index >= 15 is 0 Å². The van der Waals surface area contributed by atoms with Crippen molar-refractivity contribution >= 4 is 12.1 Å². The molecule has 1 spiro atoms. The van der Waals surface area contributed by atoms with Gasteiger partial charge < -0.3 is 23.8 Å². The molecule has 1 aliphatic heterocycles. The van der Waals surface area contributed by atoms with Crippen molar-refractivity contribution in [2.45, 2.75) is 50.4 Å². The maximum atomic E-state index is 12.1. The van der Waals surface area contributed by atoms with E-state index in [0.29, 0.717) is 19.6 Å². The fourth-order valence-corrected chi connectivity index (χ4v) is 3.92. The third-order valence-electron chi connectivity index (χ3n) is 5.65. The SMILES string of the molecule is COC(=O)OCC#CCN1C(=O)CC12CCC(OCc1ccc(OC)cc1)CC2. The summed E-state index contributed by atoms with van der Waals surface area (Å²) in [6, 6.07) is 7.89. The highest BCUT2D eigenvalue weighted by molar-refractivity contribution is 5.85. The Bertz CT molecular complexity index is 771. The van der Waals surface area contributed by atoms with E-state index in [0.717, 1.165) is 37.0 Å². The van der Waals surface area contributed by atoms with Crippen LogP contribution in [0, 0.1) is 11.8 Å². The Labute approximate surface area is 171 Å². The first kappa shape index (κ1) is 21.0. The van der Waals surface area contributed by atoms with E-state index in [1.54, 1.807) is 7.11 Å². The second-order valence-electron chi connectivity index (χ2n) is 7.34. The molecule has 3 rings (SSSR count). The average Bonchev–Trinajstić information content (AvgIpc) is 2.75. The van der Waals surface area contributed by atoms with Gasteiger partial charge in [0.1, 0.15) is 5.75 Å². The molecule has 2 fully saturated rings. The van der Waals surface area contributed by atoms with Gasteiger partial charge in [-0.05, 0) is 43.4 Å². The first-order valence-electron chi connectivity index (χ1n) is 9.78. The van der Waals surface area contributed by atoms with Crippen LogP contribution in [-0.4, -0.2) is 56.0 Å². The van der Waals surface area contributed by atoms with Gasteiger partial charge >= 0.3 is 6.16 Å². The number of amides is 1. The summed E-state index contributed by atoms with van der Waals surface area (Å²) in [7, 11) is 2.90. The van der Waals surface area contributed by atoms with Crippen molar-refractivity contribution in [3.05, 3.63) is 29.8 Å². The zero-order valence-electron chi connectivity index (χ0n) is 16.9. The van der Waals surface area contributed by atoms with Gasteiger partial charge in [0.25, 0.3) is 0 Å². The Morgan fingerprint density at radius 3 is 2.52 bits per heavy atom. The molecular weight excluding hydrogens is 374 g/mol. The topological polar surface area (TPSA) is 74.3 Å². The highest BCUT2D eigenvalue weighted by atomic mass is 16.7. The van der Waals surface area contributed by atoms with Crippen molar-refractivity contribution < 1.29 is 28.5 Å². The number of hydrogen-bond donors (Lipinski definition) is 0. The Hall–Kier alpha value is -2.72. The fourth-order valence-electron chi connectivity index (χ4n) is 3.92. The fraction of sp³-hybridized carbons (Fsp3) is 0.545. The van der Waals surface area contributed by atoms with Crippen molar-refractivity contribution in [2.75, 3.05) is 27.4 Å². The molecular formula is C22H27NO6. The van der Waals surface area contributed by atoms with E-state index in [9.17, 15) is 9.59 Å². The second kappa shape index (κ2) is 9.66. The monoisotopic (exact) mass is 401 g/mol. The summed E-state index contributed by atoms with van der Waals surface area (Å²) in [6.07, 6.45) is 3.73. The van der Waals surface area contributed by atoms with Gasteiger partial charge in [0.05, 0.1) is 45.4 Å². The van der Waals surface area contributed by atoms with E-state index in [1.807, 2.05) is 29.2 Å². The molecule has 7 nitrogen and oxygen atoms in total. The molecule has 2 aliphatic rings. The lowest BCUT2D eigenvalue weighted by atomic mass is 9.71. The molecule has 1 aliphatic carbocycles. The van der Waals surface area contributed by atoms with E-state index in [1.165, 1.54) is 7.11 Å². The molecule has 1 amide bonds. The normalized spacial score (nSPS) is 23.0. The Morgan fingerprint density at radius 2 is 1.90 bits per heavy atom. The molecule has 0 aromatic heterocycles. The average molecular weight is 401 g/mol. The molecule has 7 heteroatoms. The molecule has 29 heavy (non-hydrogen) atoms. The van der Waals surface area contributed by atoms with E-state index < -0.39 is 6.16 Å². The van der Waals surface area contributed by atoms with E-state index in [2.05, 4.69) is 16.6 Å². The molecule has 1 saturated heterocycles. The predicted octanol–water partition coefficient (Wildman–Crippen LogP) is 2.91. The van der Waals surface area contributed by atoms with Gasteiger partial charge in [0, 0.05) is 0 Å². The maximum Gasteiger partial charge on any atom is 0.508 e. The lowest BCUT2D eigenvalue weighted by Gasteiger charge is -2.54. The van der Waals surface area contributed by atoms with E-state index in [4.69, 9.17) is 14.2 Å². The Balaban J connectivity index is 1.42. The van der Waals surface area contributed by atoms with Crippen LogP contribution >= 0.6 is 0 Å². The van der Waals surface area contributed by atoms with Crippen LogP contribution in [0.2, 0.25) is 0 Å². The molecule has 0 N–H and O–H groups in total. The molecule has 156 valence electrons. The number of benzene rings is 1. The zero-order chi connectivity index (χ0) is 20.7. The van der Waals surface area contributed by atoms with Gasteiger partial charge in [0.2, 0.25) is 5.91 Å². The van der Waals surface area contributed by atoms with Gasteiger partial charge in [-0.3, -0.25) is 4.79 Å². The number of carbonyl (C=O) groups excluding carboxylic acids is 2. The molecule has 1 aromatic rings. The number of β-lactam (4-membered cyclic amide) rings is 1. The zero-order valence-corrected chi connectivity index (χ0v) is 16.9. The quantitative estimate of drug-likeness (QED) is 0.415. The summed E-state index contributed by atoms with van der Waals surface area (Å²) in [6.45, 7) is 0.902. The van der Waals surface area contributed by atoms with Crippen molar-refractivity contribution in [3.63, 3.8) is 0 Å². The van der Waals surface area contributed by atoms with Crippen LogP contribution in [0.25, 0.3) is 0 Å². The molecule has 0 radical (unpaired) electrons. The number of rotatable bonds is 6. The molecule has 1 heterocycles. The number of likely N-dealkylation sites (tertiary alicyclic amines) is 1. The Morgan fingerprint density at radius 1 is 1.17 bits per heavy atom. The van der Waals surface area contributed by atoms with Crippen molar-refractivity contribution in [3.8, 4) is 17.6 Å². The van der Waals surface area contributed by atoms with Crippen LogP contribution in [0.1, 0.15) is 37.7 Å². The van der Waals surface area contributed by atoms with Crippen molar-refractivity contribution in [1.82, 2.24) is 4.90 Å². The van der Waals surface area contributed by atoms with Gasteiger partial charge in [-0.1, -0.05) is 24.0 Å². The largest absolute Gasteiger partial charge is 0.508 e. The third kappa shape index (κ3) is 5.21. The van der Waals surface area contributed by atoms with Crippen molar-refractivity contribution in [1.29, 1.82) is 0 Å². The highest BCUT2D eigenvalue weighted by Crippen LogP contribution is 2.44. The minimum absolute atomic E-state index is 0.0387. The summed E-state index contributed by atoms with van der Waals surface area (Å²) in [5.41, 5.74) is 1.03. The summed E-state index contributed by atoms with van der Waals surface area (Å²) < 4.78 is 20.3. The number of carbonyl (C=O) groups is 2. The van der Waals surface area contributed by atoms with Gasteiger partial charge in [-0.2, -0.15) is 0 Å². The number of nitrogens with zero attached hydrogens (tertiary/aromatic N) is 1. The smallest absolute Gasteiger partial charge is 0.497 e. The molecule has 0 atom stereocenters. The highest BCUT2D eigenvalue weighted by Gasteiger charge is 2.51. The summed E-state index contributed by atoms with van der Waals surface area (Å²) in [4.78, 5) is 24.8. The molecule has 1 saturated carbocycles. The molecule has 0 unspecified atom stereocenters. The minimum atomic E-state index is -0.760. The number of hydrogen-bond acceptors (Lipinski definition) is 6. The molecule has 1 aromatic carbocycles. The number of ether oxygens (including phenoxy) is 4.